The van der Waals surface area contributed by atoms with E-state index in [4.69, 9.17) is 4.74 Å². The van der Waals surface area contributed by atoms with Crippen LogP contribution in [0.25, 0.3) is 0 Å². The summed E-state index contributed by atoms with van der Waals surface area (Å²) in [7, 11) is 0. The van der Waals surface area contributed by atoms with E-state index in [0.717, 1.165) is 12.4 Å². The molecule has 1 heteroatoms. The second kappa shape index (κ2) is 3.82. The number of aryl methyl sites for hydroxylation is 1. The average Bonchev–Trinajstić information content (AvgIpc) is 2.00. The van der Waals surface area contributed by atoms with Crippen molar-refractivity contribution in [3.8, 4) is 5.75 Å². The zero-order valence-corrected chi connectivity index (χ0v) is 8.92. The van der Waals surface area contributed by atoms with Gasteiger partial charge in [-0.15, -0.1) is 0 Å². The highest BCUT2D eigenvalue weighted by molar-refractivity contribution is 5.27. The average molecular weight is 178 g/mol. The monoisotopic (exact) mass is 178 g/mol. The number of rotatable bonds is 2. The molecule has 0 aliphatic rings. The first-order chi connectivity index (χ1) is 5.97. The van der Waals surface area contributed by atoms with Crippen molar-refractivity contribution < 1.29 is 4.74 Å². The van der Waals surface area contributed by atoms with E-state index < -0.39 is 0 Å². The SMILES string of the molecule is Cc1cccc(OCC(C)(C)C)c1. The molecule has 0 fully saturated rings. The predicted molar refractivity (Wildman–Crippen MR) is 56.1 cm³/mol. The van der Waals surface area contributed by atoms with Gasteiger partial charge in [0.05, 0.1) is 6.61 Å². The Balaban J connectivity index is 2.55. The molecule has 0 aliphatic heterocycles. The molecule has 0 aliphatic carbocycles. The molecule has 0 saturated carbocycles. The summed E-state index contributed by atoms with van der Waals surface area (Å²) in [5, 5.41) is 0. The van der Waals surface area contributed by atoms with Crippen molar-refractivity contribution in [2.45, 2.75) is 27.7 Å². The zero-order valence-electron chi connectivity index (χ0n) is 8.92. The Hall–Kier alpha value is -0.980. The van der Waals surface area contributed by atoms with Gasteiger partial charge >= 0.3 is 0 Å². The summed E-state index contributed by atoms with van der Waals surface area (Å²) in [5.41, 5.74) is 1.47. The highest BCUT2D eigenvalue weighted by Gasteiger charge is 2.10. The lowest BCUT2D eigenvalue weighted by Gasteiger charge is -2.18. The Morgan fingerprint density at radius 1 is 1.23 bits per heavy atom. The van der Waals surface area contributed by atoms with Crippen LogP contribution in [-0.4, -0.2) is 6.61 Å². The summed E-state index contributed by atoms with van der Waals surface area (Å²) < 4.78 is 5.65. The molecule has 0 saturated heterocycles. The van der Waals surface area contributed by atoms with Crippen LogP contribution in [0.4, 0.5) is 0 Å². The maximum atomic E-state index is 5.65. The van der Waals surface area contributed by atoms with Crippen molar-refractivity contribution in [2.24, 2.45) is 5.41 Å². The van der Waals surface area contributed by atoms with Crippen molar-refractivity contribution in [3.05, 3.63) is 29.8 Å². The van der Waals surface area contributed by atoms with Gasteiger partial charge in [0.25, 0.3) is 0 Å². The van der Waals surface area contributed by atoms with Gasteiger partial charge in [0.15, 0.2) is 0 Å². The molecule has 1 rings (SSSR count). The van der Waals surface area contributed by atoms with Crippen molar-refractivity contribution in [2.75, 3.05) is 6.61 Å². The van der Waals surface area contributed by atoms with E-state index in [1.54, 1.807) is 0 Å². The Morgan fingerprint density at radius 2 is 1.92 bits per heavy atom. The summed E-state index contributed by atoms with van der Waals surface area (Å²) in [6.07, 6.45) is 0. The summed E-state index contributed by atoms with van der Waals surface area (Å²) in [6.45, 7) is 9.34. The van der Waals surface area contributed by atoms with E-state index in [0.29, 0.717) is 0 Å². The maximum Gasteiger partial charge on any atom is 0.119 e. The minimum Gasteiger partial charge on any atom is -0.493 e. The highest BCUT2D eigenvalue weighted by atomic mass is 16.5. The van der Waals surface area contributed by atoms with Crippen LogP contribution >= 0.6 is 0 Å². The lowest BCUT2D eigenvalue weighted by Crippen LogP contribution is -2.16. The van der Waals surface area contributed by atoms with Crippen LogP contribution in [0.5, 0.6) is 5.75 Å². The standard InChI is InChI=1S/C12H18O/c1-10-6-5-7-11(8-10)13-9-12(2,3)4/h5-8H,9H2,1-4H3. The molecule has 72 valence electrons. The lowest BCUT2D eigenvalue weighted by molar-refractivity contribution is 0.198. The molecule has 0 radical (unpaired) electrons. The van der Waals surface area contributed by atoms with Crippen LogP contribution in [0.1, 0.15) is 26.3 Å². The van der Waals surface area contributed by atoms with Crippen LogP contribution in [0.3, 0.4) is 0 Å². The van der Waals surface area contributed by atoms with E-state index >= 15 is 0 Å². The van der Waals surface area contributed by atoms with Crippen LogP contribution in [-0.2, 0) is 0 Å². The van der Waals surface area contributed by atoms with Crippen molar-refractivity contribution >= 4 is 0 Å². The molecule has 0 N–H and O–H groups in total. The number of benzene rings is 1. The first kappa shape index (κ1) is 10.1. The molecular weight excluding hydrogens is 160 g/mol. The molecule has 0 spiro atoms. The molecule has 1 nitrogen and oxygen atoms in total. The fourth-order valence-corrected chi connectivity index (χ4v) is 1.00. The van der Waals surface area contributed by atoms with Crippen LogP contribution < -0.4 is 4.74 Å². The number of ether oxygens (including phenoxy) is 1. The van der Waals surface area contributed by atoms with E-state index in [1.165, 1.54) is 5.56 Å². The Labute approximate surface area is 80.7 Å². The van der Waals surface area contributed by atoms with Gasteiger partial charge in [-0.25, -0.2) is 0 Å². The predicted octanol–water partition coefficient (Wildman–Crippen LogP) is 3.42. The van der Waals surface area contributed by atoms with Gasteiger partial charge in [0, 0.05) is 0 Å². The van der Waals surface area contributed by atoms with E-state index in [-0.39, 0.29) is 5.41 Å². The first-order valence-electron chi connectivity index (χ1n) is 4.67. The topological polar surface area (TPSA) is 9.23 Å². The second-order valence-corrected chi connectivity index (χ2v) is 4.67. The van der Waals surface area contributed by atoms with Gasteiger partial charge in [-0.3, -0.25) is 0 Å². The summed E-state index contributed by atoms with van der Waals surface area (Å²) >= 11 is 0. The molecule has 0 aromatic heterocycles. The van der Waals surface area contributed by atoms with E-state index in [9.17, 15) is 0 Å². The molecule has 0 unspecified atom stereocenters. The summed E-state index contributed by atoms with van der Waals surface area (Å²) in [4.78, 5) is 0. The molecule has 1 aromatic rings. The van der Waals surface area contributed by atoms with Gasteiger partial charge in [-0.05, 0) is 30.0 Å². The molecule has 0 atom stereocenters. The van der Waals surface area contributed by atoms with Gasteiger partial charge in [-0.1, -0.05) is 32.9 Å². The first-order valence-corrected chi connectivity index (χ1v) is 4.67. The van der Waals surface area contributed by atoms with Crippen LogP contribution in [0.2, 0.25) is 0 Å². The van der Waals surface area contributed by atoms with Crippen LogP contribution in [0.15, 0.2) is 24.3 Å². The van der Waals surface area contributed by atoms with Gasteiger partial charge < -0.3 is 4.74 Å². The summed E-state index contributed by atoms with van der Waals surface area (Å²) in [5.74, 6) is 0.968. The Morgan fingerprint density at radius 3 is 2.46 bits per heavy atom. The Bertz CT molecular complexity index is 271. The Kier molecular flexibility index (Phi) is 2.97. The molecular formula is C12H18O. The molecule has 0 amide bonds. The molecule has 1 aromatic carbocycles. The second-order valence-electron chi connectivity index (χ2n) is 4.67. The minimum absolute atomic E-state index is 0.226. The molecule has 13 heavy (non-hydrogen) atoms. The minimum atomic E-state index is 0.226. The highest BCUT2D eigenvalue weighted by Crippen LogP contribution is 2.18. The van der Waals surface area contributed by atoms with Crippen molar-refractivity contribution in [3.63, 3.8) is 0 Å². The van der Waals surface area contributed by atoms with Gasteiger partial charge in [0.2, 0.25) is 0 Å². The smallest absolute Gasteiger partial charge is 0.119 e. The summed E-state index contributed by atoms with van der Waals surface area (Å²) in [6, 6.07) is 8.15. The molecule has 0 bridgehead atoms. The fraction of sp³-hybridized carbons (Fsp3) is 0.500. The normalized spacial score (nSPS) is 11.4. The third-order valence-corrected chi connectivity index (χ3v) is 1.66. The lowest BCUT2D eigenvalue weighted by atomic mass is 9.99. The largest absolute Gasteiger partial charge is 0.493 e. The fourth-order valence-electron chi connectivity index (χ4n) is 1.00. The van der Waals surface area contributed by atoms with Gasteiger partial charge in [0.1, 0.15) is 5.75 Å². The zero-order chi connectivity index (χ0) is 9.90. The van der Waals surface area contributed by atoms with Crippen molar-refractivity contribution in [1.82, 2.24) is 0 Å². The van der Waals surface area contributed by atoms with Crippen molar-refractivity contribution in [1.29, 1.82) is 0 Å². The maximum absolute atomic E-state index is 5.65. The van der Waals surface area contributed by atoms with Crippen LogP contribution in [0, 0.1) is 12.3 Å². The van der Waals surface area contributed by atoms with E-state index in [1.807, 2.05) is 12.1 Å². The number of hydrogen-bond donors (Lipinski definition) is 0. The quantitative estimate of drug-likeness (QED) is 0.674. The number of hydrogen-bond acceptors (Lipinski definition) is 1. The van der Waals surface area contributed by atoms with Gasteiger partial charge in [-0.2, -0.15) is 0 Å². The molecule has 0 heterocycles. The third-order valence-electron chi connectivity index (χ3n) is 1.66. The van der Waals surface area contributed by atoms with E-state index in [2.05, 4.69) is 39.8 Å². The third kappa shape index (κ3) is 3.97.